The molecule has 0 aromatic heterocycles. The Morgan fingerprint density at radius 1 is 1.35 bits per heavy atom. The van der Waals surface area contributed by atoms with Crippen LogP contribution in [0.5, 0.6) is 0 Å². The van der Waals surface area contributed by atoms with Gasteiger partial charge in [-0.05, 0) is 25.2 Å². The van der Waals surface area contributed by atoms with Gasteiger partial charge in [0.2, 0.25) is 0 Å². The van der Waals surface area contributed by atoms with Crippen LogP contribution in [0.4, 0.5) is 0 Å². The van der Waals surface area contributed by atoms with E-state index in [4.69, 9.17) is 4.74 Å². The number of ether oxygens (including phenoxy) is 1. The van der Waals surface area contributed by atoms with Crippen LogP contribution in [0.3, 0.4) is 0 Å². The molecule has 0 spiro atoms. The molecule has 17 heavy (non-hydrogen) atoms. The average molecular weight is 241 g/mol. The summed E-state index contributed by atoms with van der Waals surface area (Å²) >= 11 is 0. The molecule has 0 bridgehead atoms. The van der Waals surface area contributed by atoms with E-state index in [9.17, 15) is 5.11 Å². The highest BCUT2D eigenvalue weighted by molar-refractivity contribution is 4.91. The molecule has 2 rings (SSSR count). The maximum atomic E-state index is 9.40. The molecule has 0 aromatic rings. The number of unbranched alkanes of at least 4 members (excludes halogenated alkanes) is 1. The summed E-state index contributed by atoms with van der Waals surface area (Å²) in [5.74, 6) is 0.867. The second kappa shape index (κ2) is 6.17. The topological polar surface area (TPSA) is 41.5 Å². The van der Waals surface area contributed by atoms with Gasteiger partial charge in [0.25, 0.3) is 0 Å². The summed E-state index contributed by atoms with van der Waals surface area (Å²) in [6.45, 7) is 4.90. The molecule has 1 aliphatic carbocycles. The first-order chi connectivity index (χ1) is 8.29. The van der Waals surface area contributed by atoms with Crippen LogP contribution in [0.1, 0.15) is 45.4 Å². The first-order valence-corrected chi connectivity index (χ1v) is 7.22. The lowest BCUT2D eigenvalue weighted by Gasteiger charge is -2.41. The van der Waals surface area contributed by atoms with Gasteiger partial charge in [0.05, 0.1) is 25.2 Å². The van der Waals surface area contributed by atoms with Gasteiger partial charge in [0, 0.05) is 12.6 Å². The van der Waals surface area contributed by atoms with Gasteiger partial charge in [-0.3, -0.25) is 0 Å². The fourth-order valence-corrected chi connectivity index (χ4v) is 3.10. The molecule has 1 heterocycles. The van der Waals surface area contributed by atoms with Crippen molar-refractivity contribution in [1.82, 2.24) is 5.32 Å². The largest absolute Gasteiger partial charge is 0.396 e. The van der Waals surface area contributed by atoms with Crippen LogP contribution in [0.2, 0.25) is 0 Å². The zero-order valence-corrected chi connectivity index (χ0v) is 11.1. The van der Waals surface area contributed by atoms with Crippen molar-refractivity contribution < 1.29 is 9.84 Å². The van der Waals surface area contributed by atoms with Crippen molar-refractivity contribution in [2.45, 2.75) is 51.5 Å². The van der Waals surface area contributed by atoms with Crippen molar-refractivity contribution in [3.05, 3.63) is 0 Å². The lowest BCUT2D eigenvalue weighted by Crippen LogP contribution is -2.54. The quantitative estimate of drug-likeness (QED) is 0.716. The van der Waals surface area contributed by atoms with Crippen LogP contribution in [0.25, 0.3) is 0 Å². The molecular formula is C14H27NO2. The molecular weight excluding hydrogens is 214 g/mol. The van der Waals surface area contributed by atoms with E-state index < -0.39 is 0 Å². The normalized spacial score (nSPS) is 31.4. The second-order valence-electron chi connectivity index (χ2n) is 5.97. The van der Waals surface area contributed by atoms with E-state index in [1.165, 1.54) is 38.5 Å². The molecule has 1 saturated heterocycles. The minimum Gasteiger partial charge on any atom is -0.396 e. The Morgan fingerprint density at radius 2 is 2.18 bits per heavy atom. The molecule has 2 atom stereocenters. The van der Waals surface area contributed by atoms with Crippen molar-refractivity contribution in [3.8, 4) is 0 Å². The first kappa shape index (κ1) is 13.3. The Morgan fingerprint density at radius 3 is 2.76 bits per heavy atom. The fourth-order valence-electron chi connectivity index (χ4n) is 3.10. The molecule has 0 amide bonds. The molecule has 2 fully saturated rings. The van der Waals surface area contributed by atoms with Crippen LogP contribution in [0.15, 0.2) is 0 Å². The van der Waals surface area contributed by atoms with Gasteiger partial charge in [-0.2, -0.15) is 0 Å². The molecule has 2 N–H and O–H groups in total. The zero-order valence-electron chi connectivity index (χ0n) is 11.1. The standard InChI is InChI=1S/C14H27NO2/c1-2-3-5-12-6-4-7-13(12)15-8-14(9-16)10-17-11-14/h12-13,15-16H,2-11H2,1H3. The summed E-state index contributed by atoms with van der Waals surface area (Å²) in [6, 6.07) is 0.686. The van der Waals surface area contributed by atoms with Crippen molar-refractivity contribution in [3.63, 3.8) is 0 Å². The van der Waals surface area contributed by atoms with Gasteiger partial charge in [-0.15, -0.1) is 0 Å². The minimum absolute atomic E-state index is 0.0257. The zero-order chi connectivity index (χ0) is 12.1. The van der Waals surface area contributed by atoms with Gasteiger partial charge in [0.15, 0.2) is 0 Å². The van der Waals surface area contributed by atoms with E-state index in [2.05, 4.69) is 12.2 Å². The molecule has 2 aliphatic rings. The van der Waals surface area contributed by atoms with E-state index in [1.807, 2.05) is 0 Å². The highest BCUT2D eigenvalue weighted by Crippen LogP contribution is 2.32. The SMILES string of the molecule is CCCCC1CCCC1NCC1(CO)COC1. The predicted octanol–water partition coefficient (Wildman–Crippen LogP) is 1.94. The molecule has 0 radical (unpaired) electrons. The summed E-state index contributed by atoms with van der Waals surface area (Å²) in [7, 11) is 0. The lowest BCUT2D eigenvalue weighted by molar-refractivity contribution is -0.135. The van der Waals surface area contributed by atoms with E-state index in [0.29, 0.717) is 6.04 Å². The van der Waals surface area contributed by atoms with Crippen molar-refractivity contribution in [2.75, 3.05) is 26.4 Å². The Labute approximate surface area is 105 Å². The van der Waals surface area contributed by atoms with Crippen LogP contribution >= 0.6 is 0 Å². The van der Waals surface area contributed by atoms with Gasteiger partial charge < -0.3 is 15.2 Å². The third-order valence-corrected chi connectivity index (χ3v) is 4.48. The molecule has 100 valence electrons. The van der Waals surface area contributed by atoms with E-state index in [0.717, 1.165) is 25.7 Å². The highest BCUT2D eigenvalue weighted by Gasteiger charge is 2.39. The molecule has 1 aliphatic heterocycles. The monoisotopic (exact) mass is 241 g/mol. The Bertz CT molecular complexity index is 223. The second-order valence-corrected chi connectivity index (χ2v) is 5.97. The highest BCUT2D eigenvalue weighted by atomic mass is 16.5. The molecule has 2 unspecified atom stereocenters. The number of hydrogen-bond acceptors (Lipinski definition) is 3. The minimum atomic E-state index is 0.0257. The molecule has 1 saturated carbocycles. The van der Waals surface area contributed by atoms with Gasteiger partial charge >= 0.3 is 0 Å². The van der Waals surface area contributed by atoms with Gasteiger partial charge in [-0.25, -0.2) is 0 Å². The predicted molar refractivity (Wildman–Crippen MR) is 69.0 cm³/mol. The maximum absolute atomic E-state index is 9.40. The summed E-state index contributed by atoms with van der Waals surface area (Å²) in [5, 5.41) is 13.1. The number of aliphatic hydroxyl groups is 1. The molecule has 3 nitrogen and oxygen atoms in total. The Hall–Kier alpha value is -0.120. The number of nitrogens with one attached hydrogen (secondary N) is 1. The Balaban J connectivity index is 1.73. The lowest BCUT2D eigenvalue weighted by atomic mass is 9.86. The summed E-state index contributed by atoms with van der Waals surface area (Å²) in [4.78, 5) is 0. The Kier molecular flexibility index (Phi) is 4.83. The number of hydrogen-bond donors (Lipinski definition) is 2. The van der Waals surface area contributed by atoms with Crippen molar-refractivity contribution in [2.24, 2.45) is 11.3 Å². The van der Waals surface area contributed by atoms with E-state index in [1.54, 1.807) is 0 Å². The first-order valence-electron chi connectivity index (χ1n) is 7.22. The van der Waals surface area contributed by atoms with Crippen molar-refractivity contribution >= 4 is 0 Å². The summed E-state index contributed by atoms with van der Waals surface area (Å²) in [6.07, 6.45) is 8.11. The molecule has 3 heteroatoms. The fraction of sp³-hybridized carbons (Fsp3) is 1.00. The molecule has 0 aromatic carbocycles. The van der Waals surface area contributed by atoms with Crippen LogP contribution in [-0.4, -0.2) is 37.5 Å². The van der Waals surface area contributed by atoms with E-state index in [-0.39, 0.29) is 12.0 Å². The summed E-state index contributed by atoms with van der Waals surface area (Å²) < 4.78 is 5.24. The third-order valence-electron chi connectivity index (χ3n) is 4.48. The maximum Gasteiger partial charge on any atom is 0.0579 e. The van der Waals surface area contributed by atoms with Crippen LogP contribution in [0, 0.1) is 11.3 Å². The average Bonchev–Trinajstić information content (AvgIpc) is 2.73. The van der Waals surface area contributed by atoms with Crippen LogP contribution in [-0.2, 0) is 4.74 Å². The van der Waals surface area contributed by atoms with Crippen LogP contribution < -0.4 is 5.32 Å². The van der Waals surface area contributed by atoms with Gasteiger partial charge in [0.1, 0.15) is 0 Å². The third kappa shape index (κ3) is 3.21. The number of aliphatic hydroxyl groups excluding tert-OH is 1. The van der Waals surface area contributed by atoms with Crippen molar-refractivity contribution in [1.29, 1.82) is 0 Å². The summed E-state index contributed by atoms with van der Waals surface area (Å²) in [5.41, 5.74) is 0.0257. The smallest absolute Gasteiger partial charge is 0.0579 e. The van der Waals surface area contributed by atoms with Gasteiger partial charge in [-0.1, -0.05) is 26.2 Å². The number of rotatable bonds is 7. The van der Waals surface area contributed by atoms with E-state index >= 15 is 0 Å².